The molecule has 2 heterocycles. The molecule has 0 fully saturated rings. The highest BCUT2D eigenvalue weighted by molar-refractivity contribution is 6.06. The molecule has 1 aliphatic rings. The summed E-state index contributed by atoms with van der Waals surface area (Å²) in [4.78, 5) is 30.6. The van der Waals surface area contributed by atoms with Crippen LogP contribution in [0.25, 0.3) is 0 Å². The number of amides is 2. The number of nitrogens with two attached hydrogens (primary N) is 1. The Labute approximate surface area is 147 Å². The van der Waals surface area contributed by atoms with Crippen LogP contribution in [0.5, 0.6) is 0 Å². The quantitative estimate of drug-likeness (QED) is 0.894. The fourth-order valence-electron chi connectivity index (χ4n) is 2.85. The number of fused-ring (bicyclic) bond motifs is 1. The molecule has 0 saturated carbocycles. The first kappa shape index (κ1) is 17.1. The van der Waals surface area contributed by atoms with Crippen molar-refractivity contribution in [1.29, 1.82) is 0 Å². The van der Waals surface area contributed by atoms with Gasteiger partial charge in [0.15, 0.2) is 0 Å². The Hall–Kier alpha value is -2.73. The molecule has 25 heavy (non-hydrogen) atoms. The van der Waals surface area contributed by atoms with Gasteiger partial charge in [0.05, 0.1) is 6.04 Å². The first-order valence-corrected chi connectivity index (χ1v) is 8.39. The van der Waals surface area contributed by atoms with Crippen LogP contribution in [-0.4, -0.2) is 29.4 Å². The summed E-state index contributed by atoms with van der Waals surface area (Å²) in [7, 11) is 0. The van der Waals surface area contributed by atoms with Crippen molar-refractivity contribution in [3.8, 4) is 0 Å². The summed E-state index contributed by atoms with van der Waals surface area (Å²) in [6.07, 6.45) is 2.36. The van der Waals surface area contributed by atoms with Gasteiger partial charge in [0, 0.05) is 24.1 Å². The van der Waals surface area contributed by atoms with Gasteiger partial charge in [-0.05, 0) is 48.2 Å². The van der Waals surface area contributed by atoms with E-state index in [4.69, 9.17) is 5.73 Å². The van der Waals surface area contributed by atoms with E-state index in [0.717, 1.165) is 17.7 Å². The van der Waals surface area contributed by atoms with Gasteiger partial charge in [0.2, 0.25) is 5.91 Å². The normalized spacial score (nSPS) is 14.3. The molecule has 1 aromatic carbocycles. The van der Waals surface area contributed by atoms with E-state index in [1.165, 1.54) is 0 Å². The average Bonchev–Trinajstić information content (AvgIpc) is 3.04. The lowest BCUT2D eigenvalue weighted by atomic mass is 10.0. The van der Waals surface area contributed by atoms with Gasteiger partial charge < -0.3 is 16.0 Å². The molecule has 130 valence electrons. The molecule has 0 aliphatic carbocycles. The van der Waals surface area contributed by atoms with Gasteiger partial charge in [-0.2, -0.15) is 0 Å². The van der Waals surface area contributed by atoms with E-state index in [2.05, 4.69) is 10.3 Å². The Morgan fingerprint density at radius 3 is 2.72 bits per heavy atom. The minimum absolute atomic E-state index is 0.0703. The monoisotopic (exact) mass is 338 g/mol. The van der Waals surface area contributed by atoms with Crippen LogP contribution < -0.4 is 16.0 Å². The zero-order chi connectivity index (χ0) is 18.0. The fraction of sp³-hybridized carbons (Fsp3) is 0.316. The summed E-state index contributed by atoms with van der Waals surface area (Å²) in [5.41, 5.74) is 8.89. The predicted molar refractivity (Wildman–Crippen MR) is 97.5 cm³/mol. The maximum absolute atomic E-state index is 12.6. The van der Waals surface area contributed by atoms with Gasteiger partial charge in [0.1, 0.15) is 5.69 Å². The van der Waals surface area contributed by atoms with Crippen molar-refractivity contribution < 1.29 is 9.59 Å². The number of carbonyl (C=O) groups is 2. The molecule has 3 N–H and O–H groups in total. The maximum atomic E-state index is 12.6. The van der Waals surface area contributed by atoms with Gasteiger partial charge in [0.25, 0.3) is 5.91 Å². The highest BCUT2D eigenvalue weighted by Gasteiger charge is 2.26. The summed E-state index contributed by atoms with van der Waals surface area (Å²) < 4.78 is 0. The van der Waals surface area contributed by atoms with Crippen molar-refractivity contribution >= 4 is 23.2 Å². The summed E-state index contributed by atoms with van der Waals surface area (Å²) in [6.45, 7) is 4.43. The summed E-state index contributed by atoms with van der Waals surface area (Å²) in [5.74, 6) is -0.242. The molecule has 0 unspecified atom stereocenters. The first-order valence-electron chi connectivity index (χ1n) is 8.39. The molecular weight excluding hydrogens is 316 g/mol. The van der Waals surface area contributed by atoms with Gasteiger partial charge in [-0.15, -0.1) is 0 Å². The van der Waals surface area contributed by atoms with E-state index in [1.807, 2.05) is 26.0 Å². The minimum Gasteiger partial charge on any atom is -0.325 e. The second kappa shape index (κ2) is 7.03. The molecule has 1 aliphatic heterocycles. The summed E-state index contributed by atoms with van der Waals surface area (Å²) in [5, 5.41) is 2.85. The topological polar surface area (TPSA) is 88.3 Å². The second-order valence-electron chi connectivity index (χ2n) is 6.52. The van der Waals surface area contributed by atoms with Gasteiger partial charge >= 0.3 is 0 Å². The molecule has 0 radical (unpaired) electrons. The third-order valence-corrected chi connectivity index (χ3v) is 4.39. The van der Waals surface area contributed by atoms with Crippen LogP contribution in [0.3, 0.4) is 0 Å². The van der Waals surface area contributed by atoms with Crippen molar-refractivity contribution in [2.75, 3.05) is 16.8 Å². The van der Waals surface area contributed by atoms with Crippen LogP contribution in [0.2, 0.25) is 0 Å². The molecule has 1 aromatic heterocycles. The number of rotatable bonds is 4. The molecule has 0 saturated heterocycles. The highest BCUT2D eigenvalue weighted by atomic mass is 16.2. The third-order valence-electron chi connectivity index (χ3n) is 4.39. The van der Waals surface area contributed by atoms with E-state index in [9.17, 15) is 9.59 Å². The number of hydrogen-bond donors (Lipinski definition) is 2. The Bertz CT molecular complexity index is 789. The molecule has 1 atom stereocenters. The van der Waals surface area contributed by atoms with Crippen molar-refractivity contribution in [3.05, 3.63) is 53.9 Å². The first-order chi connectivity index (χ1) is 12.0. The number of nitrogens with zero attached hydrogens (tertiary/aromatic N) is 2. The average molecular weight is 338 g/mol. The van der Waals surface area contributed by atoms with Gasteiger partial charge in [-0.1, -0.05) is 19.9 Å². The van der Waals surface area contributed by atoms with Gasteiger partial charge in [-0.3, -0.25) is 14.6 Å². The number of pyridine rings is 1. The van der Waals surface area contributed by atoms with E-state index in [-0.39, 0.29) is 17.7 Å². The number of aromatic nitrogens is 1. The van der Waals surface area contributed by atoms with E-state index in [0.29, 0.717) is 17.9 Å². The van der Waals surface area contributed by atoms with Crippen molar-refractivity contribution in [2.45, 2.75) is 26.3 Å². The zero-order valence-corrected chi connectivity index (χ0v) is 14.4. The van der Waals surface area contributed by atoms with Gasteiger partial charge in [-0.25, -0.2) is 0 Å². The minimum atomic E-state index is -0.546. The molecule has 6 heteroatoms. The van der Waals surface area contributed by atoms with Crippen LogP contribution in [-0.2, 0) is 11.2 Å². The lowest BCUT2D eigenvalue weighted by Crippen LogP contribution is -2.39. The van der Waals surface area contributed by atoms with Crippen molar-refractivity contribution in [1.82, 2.24) is 4.98 Å². The lowest BCUT2D eigenvalue weighted by molar-refractivity contribution is -0.118. The molecule has 2 aromatic rings. The number of benzene rings is 1. The Kier molecular flexibility index (Phi) is 4.81. The molecule has 2 amide bonds. The van der Waals surface area contributed by atoms with Crippen LogP contribution in [0.4, 0.5) is 11.4 Å². The SMILES string of the molecule is CC(C)[C@H](N)C(=O)Nc1ccc2c(c1)CCN2C(=O)c1ccccn1. The molecule has 0 bridgehead atoms. The summed E-state index contributed by atoms with van der Waals surface area (Å²) >= 11 is 0. The highest BCUT2D eigenvalue weighted by Crippen LogP contribution is 2.31. The van der Waals surface area contributed by atoms with E-state index in [1.54, 1.807) is 35.4 Å². The number of carbonyl (C=O) groups excluding carboxylic acids is 2. The van der Waals surface area contributed by atoms with Crippen LogP contribution >= 0.6 is 0 Å². The number of nitrogens with one attached hydrogen (secondary N) is 1. The number of anilines is 2. The summed E-state index contributed by atoms with van der Waals surface area (Å²) in [6, 6.07) is 10.3. The predicted octanol–water partition coefficient (Wildman–Crippen LogP) is 2.21. The Morgan fingerprint density at radius 1 is 1.24 bits per heavy atom. The van der Waals surface area contributed by atoms with Crippen LogP contribution in [0.1, 0.15) is 29.9 Å². The fourth-order valence-corrected chi connectivity index (χ4v) is 2.85. The van der Waals surface area contributed by atoms with Crippen molar-refractivity contribution in [2.24, 2.45) is 11.7 Å². The molecular formula is C19H22N4O2. The molecule has 3 rings (SSSR count). The van der Waals surface area contributed by atoms with E-state index >= 15 is 0 Å². The lowest BCUT2D eigenvalue weighted by Gasteiger charge is -2.18. The van der Waals surface area contributed by atoms with Crippen LogP contribution in [0, 0.1) is 5.92 Å². The third kappa shape index (κ3) is 3.53. The van der Waals surface area contributed by atoms with E-state index < -0.39 is 6.04 Å². The standard InChI is InChI=1S/C19H22N4O2/c1-12(2)17(20)18(24)22-14-6-7-16-13(11-14)8-10-23(16)19(25)15-5-3-4-9-21-15/h3-7,9,11-12,17H,8,10,20H2,1-2H3,(H,22,24)/t17-/m0/s1. The Morgan fingerprint density at radius 2 is 2.04 bits per heavy atom. The smallest absolute Gasteiger partial charge is 0.276 e. The number of hydrogen-bond acceptors (Lipinski definition) is 4. The second-order valence-corrected chi connectivity index (χ2v) is 6.52. The van der Waals surface area contributed by atoms with Crippen molar-refractivity contribution in [3.63, 3.8) is 0 Å². The van der Waals surface area contributed by atoms with Crippen LogP contribution in [0.15, 0.2) is 42.6 Å². The Balaban J connectivity index is 1.77. The molecule has 0 spiro atoms. The largest absolute Gasteiger partial charge is 0.325 e. The zero-order valence-electron chi connectivity index (χ0n) is 14.4. The maximum Gasteiger partial charge on any atom is 0.276 e. The molecule has 6 nitrogen and oxygen atoms in total.